The van der Waals surface area contributed by atoms with Crippen LogP contribution in [0.5, 0.6) is 0 Å². The number of nitrogens with zero attached hydrogens (tertiary/aromatic N) is 4. The Labute approximate surface area is 222 Å². The number of hydroxylamine groups is 2. The lowest BCUT2D eigenvalue weighted by Gasteiger charge is -2.32. The summed E-state index contributed by atoms with van der Waals surface area (Å²) in [5, 5.41) is 0.733. The van der Waals surface area contributed by atoms with Crippen molar-refractivity contribution in [2.45, 2.75) is 23.3 Å². The molecule has 1 aromatic carbocycles. The number of hydrazine groups is 1. The number of hydrogen-bond donors (Lipinski definition) is 0. The number of carbonyl (C=O) groups excluding carboxylic acids is 8. The highest BCUT2D eigenvalue weighted by atomic mass is 16.9. The number of benzene rings is 1. The molecular weight excluding hydrogens is 540 g/mol. The third-order valence-corrected chi connectivity index (χ3v) is 7.66. The molecule has 0 bridgehead atoms. The second-order valence-electron chi connectivity index (χ2n) is 9.23. The molecule has 17 heteroatoms. The standard InChI is InChI=1S/C23H18N4O13/c1-36-19(33)22-10-12(16(30)24(14(10)28)9-7-5-4-6-8-9)39-26(22)27-23(18(22)32,20(34)37-2)11-13(40-27)17(31)25(15(11)29)21(35)38-3/h4-8,10-13H,1-3H3/t10?,11-,12+,13+,22-,23-/m1/s1. The molecule has 6 rings (SSSR count). The third kappa shape index (κ3) is 2.55. The summed E-state index contributed by atoms with van der Waals surface area (Å²) in [6.45, 7) is 0. The SMILES string of the molecule is COC(=O)N1C(=O)[C@H]2ON3N4O[C@@H]5C(=O)N(c6ccccc6)C(=O)C5[C@]4(C(=O)OC)C(=O)[C@@]3(C(=O)OC)[C@H]2C1=O. The van der Waals surface area contributed by atoms with E-state index in [2.05, 4.69) is 4.74 Å². The van der Waals surface area contributed by atoms with Gasteiger partial charge in [0, 0.05) is 0 Å². The number of ether oxygens (including phenoxy) is 3. The molecule has 17 nitrogen and oxygen atoms in total. The average molecular weight is 558 g/mol. The van der Waals surface area contributed by atoms with Crippen molar-refractivity contribution in [3.8, 4) is 0 Å². The Morgan fingerprint density at radius 1 is 0.700 bits per heavy atom. The molecule has 0 N–H and O–H groups in total. The fraction of sp³-hybridized carbons (Fsp3) is 0.391. The zero-order chi connectivity index (χ0) is 28.9. The van der Waals surface area contributed by atoms with Crippen molar-refractivity contribution in [3.63, 3.8) is 0 Å². The van der Waals surface area contributed by atoms with Gasteiger partial charge < -0.3 is 14.2 Å². The summed E-state index contributed by atoms with van der Waals surface area (Å²) in [6, 6.07) is 7.58. The number of likely N-dealkylation sites (tertiary alicyclic amines) is 1. The monoisotopic (exact) mass is 558 g/mol. The van der Waals surface area contributed by atoms with Gasteiger partial charge in [0.15, 0.2) is 12.2 Å². The predicted molar refractivity (Wildman–Crippen MR) is 118 cm³/mol. The number of anilines is 1. The number of methoxy groups -OCH3 is 3. The summed E-state index contributed by atoms with van der Waals surface area (Å²) in [4.78, 5) is 119. The first-order valence-corrected chi connectivity index (χ1v) is 11.6. The van der Waals surface area contributed by atoms with E-state index in [-0.39, 0.29) is 10.6 Å². The molecule has 0 aliphatic carbocycles. The van der Waals surface area contributed by atoms with E-state index < -0.39 is 82.6 Å². The molecular formula is C23H18N4O13. The van der Waals surface area contributed by atoms with Crippen LogP contribution in [-0.2, 0) is 57.4 Å². The van der Waals surface area contributed by atoms with E-state index in [9.17, 15) is 38.4 Å². The normalized spacial score (nSPS) is 34.6. The predicted octanol–water partition coefficient (Wildman–Crippen LogP) is -2.52. The molecule has 40 heavy (non-hydrogen) atoms. The summed E-state index contributed by atoms with van der Waals surface area (Å²) in [7, 11) is 2.63. The van der Waals surface area contributed by atoms with Gasteiger partial charge in [-0.1, -0.05) is 28.5 Å². The first-order valence-electron chi connectivity index (χ1n) is 11.6. The number of fused-ring (bicyclic) bond motifs is 7. The van der Waals surface area contributed by atoms with Crippen LogP contribution >= 0.6 is 0 Å². The van der Waals surface area contributed by atoms with Crippen molar-refractivity contribution in [3.05, 3.63) is 30.3 Å². The van der Waals surface area contributed by atoms with Gasteiger partial charge in [-0.05, 0) is 12.1 Å². The van der Waals surface area contributed by atoms with E-state index in [1.54, 1.807) is 18.2 Å². The topological polar surface area (TPSA) is 196 Å². The van der Waals surface area contributed by atoms with Crippen LogP contribution in [0.25, 0.3) is 0 Å². The number of hydrogen-bond acceptors (Lipinski definition) is 15. The maximum atomic E-state index is 14.6. The summed E-state index contributed by atoms with van der Waals surface area (Å²) in [6.07, 6.45) is -5.13. The van der Waals surface area contributed by atoms with E-state index in [1.807, 2.05) is 0 Å². The van der Waals surface area contributed by atoms with Crippen LogP contribution in [0.15, 0.2) is 30.3 Å². The second kappa shape index (κ2) is 8.21. The van der Waals surface area contributed by atoms with Crippen LogP contribution in [-0.4, -0.2) is 107 Å². The molecule has 5 heterocycles. The van der Waals surface area contributed by atoms with E-state index in [0.717, 1.165) is 21.3 Å². The number of rotatable bonds is 3. The Balaban J connectivity index is 1.54. The van der Waals surface area contributed by atoms with Crippen molar-refractivity contribution in [1.82, 2.24) is 15.2 Å². The highest BCUT2D eigenvalue weighted by Gasteiger charge is 2.91. The second-order valence-corrected chi connectivity index (χ2v) is 9.23. The fourth-order valence-corrected chi connectivity index (χ4v) is 6.05. The van der Waals surface area contributed by atoms with E-state index in [0.29, 0.717) is 15.2 Å². The van der Waals surface area contributed by atoms with Crippen molar-refractivity contribution in [1.29, 1.82) is 0 Å². The molecule has 5 aliphatic heterocycles. The molecule has 5 saturated heterocycles. The number of esters is 2. The molecule has 5 aliphatic rings. The number of Topliss-reactive ketones (excluding diaryl/α,β-unsaturated/α-hetero) is 1. The number of imide groups is 4. The van der Waals surface area contributed by atoms with E-state index in [1.165, 1.54) is 12.1 Å². The van der Waals surface area contributed by atoms with Crippen LogP contribution in [0.2, 0.25) is 0 Å². The molecule has 0 spiro atoms. The van der Waals surface area contributed by atoms with E-state index >= 15 is 0 Å². The summed E-state index contributed by atoms with van der Waals surface area (Å²) < 4.78 is 14.2. The summed E-state index contributed by atoms with van der Waals surface area (Å²) in [5.74, 6) is -13.1. The first-order chi connectivity index (χ1) is 19.1. The van der Waals surface area contributed by atoms with Gasteiger partial charge in [0.05, 0.1) is 27.0 Å². The molecule has 5 fully saturated rings. The van der Waals surface area contributed by atoms with Gasteiger partial charge in [0.1, 0.15) is 11.8 Å². The van der Waals surface area contributed by atoms with Crippen molar-refractivity contribution < 1.29 is 62.2 Å². The zero-order valence-corrected chi connectivity index (χ0v) is 20.8. The van der Waals surface area contributed by atoms with Gasteiger partial charge in [-0.25, -0.2) is 19.3 Å². The summed E-state index contributed by atoms with van der Waals surface area (Å²) >= 11 is 0. The lowest BCUT2D eigenvalue weighted by Crippen LogP contribution is -2.64. The van der Waals surface area contributed by atoms with Crippen LogP contribution in [0.3, 0.4) is 0 Å². The molecule has 1 unspecified atom stereocenters. The van der Waals surface area contributed by atoms with E-state index in [4.69, 9.17) is 19.1 Å². The first kappa shape index (κ1) is 25.7. The largest absolute Gasteiger partial charge is 0.467 e. The lowest BCUT2D eigenvalue weighted by molar-refractivity contribution is -0.398. The minimum Gasteiger partial charge on any atom is -0.467 e. The number of carbonyl (C=O) groups is 8. The van der Waals surface area contributed by atoms with Crippen molar-refractivity contribution in [2.75, 3.05) is 26.2 Å². The van der Waals surface area contributed by atoms with Crippen LogP contribution in [0, 0.1) is 11.8 Å². The molecule has 0 aromatic heterocycles. The lowest BCUT2D eigenvalue weighted by atomic mass is 9.69. The minimum absolute atomic E-state index is 0.0456. The number of para-hydroxylation sites is 1. The van der Waals surface area contributed by atoms with Crippen LogP contribution in [0.4, 0.5) is 10.5 Å². The van der Waals surface area contributed by atoms with Gasteiger partial charge in [0.2, 0.25) is 28.7 Å². The van der Waals surface area contributed by atoms with Gasteiger partial charge in [-0.3, -0.25) is 33.6 Å². The minimum atomic E-state index is -2.95. The molecule has 0 saturated carbocycles. The van der Waals surface area contributed by atoms with Crippen molar-refractivity contribution in [2.24, 2.45) is 11.8 Å². The highest BCUT2D eigenvalue weighted by molar-refractivity contribution is 6.33. The quantitative estimate of drug-likeness (QED) is 0.163. The van der Waals surface area contributed by atoms with Gasteiger partial charge >= 0.3 is 18.0 Å². The Morgan fingerprint density at radius 3 is 1.70 bits per heavy atom. The highest BCUT2D eigenvalue weighted by Crippen LogP contribution is 2.59. The number of ketones is 1. The maximum absolute atomic E-state index is 14.6. The average Bonchev–Trinajstić information content (AvgIpc) is 3.67. The molecule has 1 aromatic rings. The Hall–Kier alpha value is -4.58. The molecule has 6 atom stereocenters. The van der Waals surface area contributed by atoms with Gasteiger partial charge in [-0.2, -0.15) is 4.90 Å². The van der Waals surface area contributed by atoms with Gasteiger partial charge in [0.25, 0.3) is 11.8 Å². The van der Waals surface area contributed by atoms with Gasteiger partial charge in [-0.15, -0.1) is 0 Å². The third-order valence-electron chi connectivity index (χ3n) is 7.66. The Kier molecular flexibility index (Phi) is 5.27. The maximum Gasteiger partial charge on any atom is 0.423 e. The zero-order valence-electron chi connectivity index (χ0n) is 20.8. The number of amides is 5. The molecule has 208 valence electrons. The molecule has 0 radical (unpaired) electrons. The van der Waals surface area contributed by atoms with Crippen molar-refractivity contribution >= 4 is 53.1 Å². The Bertz CT molecular complexity index is 1450. The molecule has 5 amide bonds. The Morgan fingerprint density at radius 2 is 1.20 bits per heavy atom. The fourth-order valence-electron chi connectivity index (χ4n) is 6.05. The smallest absolute Gasteiger partial charge is 0.423 e. The summed E-state index contributed by atoms with van der Waals surface area (Å²) in [5.41, 5.74) is -5.72. The van der Waals surface area contributed by atoms with Crippen LogP contribution < -0.4 is 4.90 Å². The van der Waals surface area contributed by atoms with Crippen LogP contribution in [0.1, 0.15) is 0 Å².